The van der Waals surface area contributed by atoms with Crippen molar-refractivity contribution in [3.8, 4) is 0 Å². The largest absolute Gasteiger partial charge is 0.482 e. The molecule has 1 aromatic rings. The fourth-order valence-electron chi connectivity index (χ4n) is 6.79. The van der Waals surface area contributed by atoms with Crippen molar-refractivity contribution in [1.29, 1.82) is 0 Å². The molecule has 1 aliphatic heterocycles. The second-order valence-electron chi connectivity index (χ2n) is 13.4. The number of alkyl halides is 2. The van der Waals surface area contributed by atoms with Crippen molar-refractivity contribution >= 4 is 25.0 Å². The van der Waals surface area contributed by atoms with Gasteiger partial charge in [0.2, 0.25) is 18.6 Å². The van der Waals surface area contributed by atoms with Gasteiger partial charge in [-0.05, 0) is 88.8 Å². The monoisotopic (exact) mass is 607 g/mol. The molecule has 9 nitrogen and oxygen atoms in total. The van der Waals surface area contributed by atoms with Crippen LogP contribution < -0.4 is 5.32 Å². The van der Waals surface area contributed by atoms with Crippen LogP contribution in [0, 0.1) is 17.3 Å². The maximum Gasteiger partial charge on any atom is 0.482 e. The molecule has 5 rings (SSSR count). The van der Waals surface area contributed by atoms with Gasteiger partial charge >= 0.3 is 19.1 Å². The van der Waals surface area contributed by atoms with Gasteiger partial charge in [-0.15, -0.1) is 0 Å². The fourth-order valence-corrected chi connectivity index (χ4v) is 6.79. The molecule has 0 aromatic heterocycles. The lowest BCUT2D eigenvalue weighted by Gasteiger charge is -2.64. The normalized spacial score (nSPS) is 26.6. The summed E-state index contributed by atoms with van der Waals surface area (Å²) >= 11 is 0. The van der Waals surface area contributed by atoms with Gasteiger partial charge in [-0.1, -0.05) is 26.0 Å². The predicted molar refractivity (Wildman–Crippen MR) is 154 cm³/mol. The maximum atomic E-state index is 13.5. The standard InChI is InChI=1S/C31H44BF2NO8/c1-8-41-29(4,5)27(38)40-18-39-26(37)20-11-9-10-19(14-20)15-24(35-25(36)12-13-30(6,33)34)32-42-23-17-21-16-22(28(21,2)3)31(23,7)43-32/h9-11,14,21-24H,8,12-13,15-18H2,1-7H3,(H,35,36). The Morgan fingerprint density at radius 2 is 1.86 bits per heavy atom. The molecule has 1 amide bonds. The Kier molecular flexibility index (Phi) is 9.64. The highest BCUT2D eigenvalue weighted by Gasteiger charge is 2.68. The number of hydrogen-bond acceptors (Lipinski definition) is 8. The molecule has 1 aromatic carbocycles. The van der Waals surface area contributed by atoms with E-state index in [0.717, 1.165) is 19.8 Å². The zero-order valence-electron chi connectivity index (χ0n) is 26.2. The number of amides is 1. The first-order valence-corrected chi connectivity index (χ1v) is 15.0. The molecule has 2 bridgehead atoms. The number of esters is 2. The molecule has 0 spiro atoms. The number of carbonyl (C=O) groups is 3. The van der Waals surface area contributed by atoms with Crippen molar-refractivity contribution in [1.82, 2.24) is 5.32 Å². The summed E-state index contributed by atoms with van der Waals surface area (Å²) < 4.78 is 55.5. The van der Waals surface area contributed by atoms with Crippen LogP contribution in [0.4, 0.5) is 8.78 Å². The minimum Gasteiger partial charge on any atom is -0.426 e. The van der Waals surface area contributed by atoms with E-state index in [-0.39, 0.29) is 29.9 Å². The van der Waals surface area contributed by atoms with Gasteiger partial charge in [-0.2, -0.15) is 0 Å². The molecule has 43 heavy (non-hydrogen) atoms. The average Bonchev–Trinajstić information content (AvgIpc) is 3.28. The Morgan fingerprint density at radius 1 is 1.14 bits per heavy atom. The van der Waals surface area contributed by atoms with Crippen molar-refractivity contribution in [2.24, 2.45) is 17.3 Å². The highest BCUT2D eigenvalue weighted by molar-refractivity contribution is 6.48. The topological polar surface area (TPSA) is 109 Å². The third-order valence-electron chi connectivity index (χ3n) is 9.43. The SMILES string of the molecule is CCOC(C)(C)C(=O)OCOC(=O)c1cccc(CC(NC(=O)CCC(C)(F)F)B2OC3CC4CC(C4(C)C)C3(C)O2)c1. The van der Waals surface area contributed by atoms with Crippen LogP contribution in [0.25, 0.3) is 0 Å². The van der Waals surface area contributed by atoms with Gasteiger partial charge in [0.25, 0.3) is 0 Å². The van der Waals surface area contributed by atoms with Gasteiger partial charge in [-0.3, -0.25) is 4.79 Å². The van der Waals surface area contributed by atoms with Gasteiger partial charge in [0.1, 0.15) is 0 Å². The molecule has 12 heteroatoms. The first kappa shape index (κ1) is 33.3. The van der Waals surface area contributed by atoms with Crippen LogP contribution in [0.2, 0.25) is 0 Å². The lowest BCUT2D eigenvalue weighted by molar-refractivity contribution is -0.199. The fraction of sp³-hybridized carbons (Fsp3) is 0.710. The summed E-state index contributed by atoms with van der Waals surface area (Å²) in [6, 6.07) is 6.62. The van der Waals surface area contributed by atoms with E-state index in [9.17, 15) is 23.2 Å². The Balaban J connectivity index is 1.44. The highest BCUT2D eigenvalue weighted by atomic mass is 19.3. The van der Waals surface area contributed by atoms with Crippen LogP contribution in [0.1, 0.15) is 90.1 Å². The Labute approximate surface area is 252 Å². The van der Waals surface area contributed by atoms with Gasteiger partial charge in [0.05, 0.1) is 23.2 Å². The molecular formula is C31H44BF2NO8. The van der Waals surface area contributed by atoms with Gasteiger partial charge in [0, 0.05) is 19.4 Å². The number of rotatable bonds is 13. The molecule has 3 aliphatic carbocycles. The molecule has 3 saturated carbocycles. The lowest BCUT2D eigenvalue weighted by Crippen LogP contribution is -2.65. The molecule has 5 unspecified atom stereocenters. The quantitative estimate of drug-likeness (QED) is 0.192. The maximum absolute atomic E-state index is 13.5. The zero-order valence-corrected chi connectivity index (χ0v) is 26.2. The third kappa shape index (κ3) is 7.40. The molecule has 238 valence electrons. The molecule has 1 saturated heterocycles. The van der Waals surface area contributed by atoms with Crippen molar-refractivity contribution < 1.29 is 46.7 Å². The third-order valence-corrected chi connectivity index (χ3v) is 9.43. The first-order chi connectivity index (χ1) is 20.0. The van der Waals surface area contributed by atoms with Crippen LogP contribution in [-0.4, -0.2) is 67.5 Å². The van der Waals surface area contributed by atoms with E-state index in [1.807, 2.05) is 0 Å². The van der Waals surface area contributed by atoms with Crippen molar-refractivity contribution in [3.05, 3.63) is 35.4 Å². The molecule has 5 atom stereocenters. The smallest absolute Gasteiger partial charge is 0.426 e. The lowest BCUT2D eigenvalue weighted by atomic mass is 9.43. The number of ether oxygens (including phenoxy) is 3. The zero-order chi connectivity index (χ0) is 31.8. The number of hydrogen-bond donors (Lipinski definition) is 1. The van der Waals surface area contributed by atoms with E-state index in [2.05, 4.69) is 26.1 Å². The molecule has 1 heterocycles. The van der Waals surface area contributed by atoms with Crippen LogP contribution in [-0.2, 0) is 39.5 Å². The molecule has 4 fully saturated rings. The molecule has 1 N–H and O–H groups in total. The van der Waals surface area contributed by atoms with Crippen LogP contribution in [0.5, 0.6) is 0 Å². The molecule has 0 radical (unpaired) electrons. The van der Waals surface area contributed by atoms with Crippen LogP contribution in [0.3, 0.4) is 0 Å². The van der Waals surface area contributed by atoms with E-state index in [1.165, 1.54) is 0 Å². The number of carbonyl (C=O) groups excluding carboxylic acids is 3. The van der Waals surface area contributed by atoms with Crippen LogP contribution >= 0.6 is 0 Å². The molecule has 4 aliphatic rings. The average molecular weight is 608 g/mol. The second kappa shape index (κ2) is 12.4. The Hall–Kier alpha value is -2.57. The van der Waals surface area contributed by atoms with E-state index >= 15 is 0 Å². The summed E-state index contributed by atoms with van der Waals surface area (Å²) in [6.07, 6.45) is 1.07. The Bertz CT molecular complexity index is 1200. The summed E-state index contributed by atoms with van der Waals surface area (Å²) in [5.74, 6) is -4.72. The number of nitrogens with one attached hydrogen (secondary N) is 1. The summed E-state index contributed by atoms with van der Waals surface area (Å²) in [6.45, 7) is 12.0. The van der Waals surface area contributed by atoms with Crippen LogP contribution in [0.15, 0.2) is 24.3 Å². The van der Waals surface area contributed by atoms with E-state index in [4.69, 9.17) is 23.5 Å². The van der Waals surface area contributed by atoms with Gasteiger partial charge in [-0.25, -0.2) is 18.4 Å². The van der Waals surface area contributed by atoms with Crippen molar-refractivity contribution in [3.63, 3.8) is 0 Å². The van der Waals surface area contributed by atoms with E-state index < -0.39 is 61.2 Å². The summed E-state index contributed by atoms with van der Waals surface area (Å²) in [5.41, 5.74) is -0.696. The van der Waals surface area contributed by atoms with E-state index in [1.54, 1.807) is 45.0 Å². The summed E-state index contributed by atoms with van der Waals surface area (Å²) in [5, 5.41) is 2.87. The number of benzene rings is 1. The first-order valence-electron chi connectivity index (χ1n) is 15.0. The van der Waals surface area contributed by atoms with Gasteiger partial charge in [0.15, 0.2) is 5.60 Å². The minimum absolute atomic E-state index is 0.122. The van der Waals surface area contributed by atoms with Gasteiger partial charge < -0.3 is 28.8 Å². The number of halogens is 2. The predicted octanol–water partition coefficient (Wildman–Crippen LogP) is 4.89. The summed E-state index contributed by atoms with van der Waals surface area (Å²) in [4.78, 5) is 37.7. The van der Waals surface area contributed by atoms with E-state index in [0.29, 0.717) is 24.0 Å². The van der Waals surface area contributed by atoms with Crippen molar-refractivity contribution in [2.45, 2.75) is 110 Å². The minimum atomic E-state index is -2.97. The highest BCUT2D eigenvalue weighted by Crippen LogP contribution is 2.65. The summed E-state index contributed by atoms with van der Waals surface area (Å²) in [7, 11) is -0.792. The second-order valence-corrected chi connectivity index (χ2v) is 13.4. The Morgan fingerprint density at radius 3 is 2.51 bits per heavy atom. The van der Waals surface area contributed by atoms with Crippen molar-refractivity contribution in [2.75, 3.05) is 13.4 Å². The molecular weight excluding hydrogens is 563 g/mol.